The highest BCUT2D eigenvalue weighted by atomic mass is 79.9. The molecule has 1 saturated heterocycles. The highest BCUT2D eigenvalue weighted by Gasteiger charge is 2.45. The van der Waals surface area contributed by atoms with E-state index < -0.39 is 5.60 Å². The zero-order chi connectivity index (χ0) is 13.3. The summed E-state index contributed by atoms with van der Waals surface area (Å²) in [6.07, 6.45) is 6.57. The van der Waals surface area contributed by atoms with Gasteiger partial charge < -0.3 is 10.4 Å². The van der Waals surface area contributed by atoms with Crippen LogP contribution in [0.1, 0.15) is 37.7 Å². The smallest absolute Gasteiger partial charge is 0.0702 e. The summed E-state index contributed by atoms with van der Waals surface area (Å²) >= 11 is 3.54. The number of rotatable bonds is 2. The largest absolute Gasteiger partial charge is 0.389 e. The number of nitrogens with one attached hydrogen (secondary N) is 1. The van der Waals surface area contributed by atoms with Crippen molar-refractivity contribution in [2.45, 2.75) is 50.2 Å². The van der Waals surface area contributed by atoms with Crippen LogP contribution in [0, 0.1) is 5.92 Å². The zero-order valence-corrected chi connectivity index (χ0v) is 12.8. The van der Waals surface area contributed by atoms with Gasteiger partial charge >= 0.3 is 0 Å². The van der Waals surface area contributed by atoms with Gasteiger partial charge in [-0.1, -0.05) is 40.9 Å². The van der Waals surface area contributed by atoms with Crippen LogP contribution < -0.4 is 5.32 Å². The maximum absolute atomic E-state index is 10.8. The van der Waals surface area contributed by atoms with Gasteiger partial charge in [-0.15, -0.1) is 0 Å². The van der Waals surface area contributed by atoms with Crippen LogP contribution in [-0.2, 0) is 6.42 Å². The quantitative estimate of drug-likeness (QED) is 0.875. The van der Waals surface area contributed by atoms with Gasteiger partial charge in [-0.3, -0.25) is 0 Å². The number of hydrogen-bond acceptors (Lipinski definition) is 2. The number of aliphatic hydroxyl groups is 1. The lowest BCUT2D eigenvalue weighted by Gasteiger charge is -2.48. The predicted molar refractivity (Wildman–Crippen MR) is 81.2 cm³/mol. The fourth-order valence-electron chi connectivity index (χ4n) is 3.88. The van der Waals surface area contributed by atoms with E-state index in [9.17, 15) is 5.11 Å². The van der Waals surface area contributed by atoms with Crippen LogP contribution in [0.15, 0.2) is 28.7 Å². The highest BCUT2D eigenvalue weighted by molar-refractivity contribution is 9.10. The van der Waals surface area contributed by atoms with Crippen molar-refractivity contribution >= 4 is 15.9 Å². The molecule has 1 aromatic rings. The van der Waals surface area contributed by atoms with Crippen molar-refractivity contribution in [3.8, 4) is 0 Å². The van der Waals surface area contributed by atoms with Crippen LogP contribution in [0.3, 0.4) is 0 Å². The van der Waals surface area contributed by atoms with Crippen molar-refractivity contribution in [2.75, 3.05) is 6.54 Å². The van der Waals surface area contributed by atoms with Crippen molar-refractivity contribution in [1.29, 1.82) is 0 Å². The van der Waals surface area contributed by atoms with Crippen LogP contribution in [0.25, 0.3) is 0 Å². The van der Waals surface area contributed by atoms with Gasteiger partial charge in [0.1, 0.15) is 0 Å². The topological polar surface area (TPSA) is 32.3 Å². The molecule has 2 fully saturated rings. The Morgan fingerprint density at radius 1 is 1.32 bits per heavy atom. The number of halogens is 1. The summed E-state index contributed by atoms with van der Waals surface area (Å²) in [6, 6.07) is 8.96. The first-order valence-electron chi connectivity index (χ1n) is 7.38. The average Bonchev–Trinajstić information content (AvgIpc) is 2.38. The van der Waals surface area contributed by atoms with E-state index in [2.05, 4.69) is 45.5 Å². The Balaban J connectivity index is 1.76. The molecule has 0 radical (unpaired) electrons. The fourth-order valence-corrected chi connectivity index (χ4v) is 4.33. The molecule has 1 heterocycles. The van der Waals surface area contributed by atoms with Crippen LogP contribution in [0.2, 0.25) is 0 Å². The monoisotopic (exact) mass is 323 g/mol. The molecule has 104 valence electrons. The van der Waals surface area contributed by atoms with E-state index in [4.69, 9.17) is 0 Å². The van der Waals surface area contributed by atoms with Gasteiger partial charge in [0.25, 0.3) is 0 Å². The molecule has 0 amide bonds. The van der Waals surface area contributed by atoms with E-state index in [-0.39, 0.29) is 0 Å². The normalized spacial score (nSPS) is 34.8. The molecule has 3 atom stereocenters. The summed E-state index contributed by atoms with van der Waals surface area (Å²) < 4.78 is 1.14. The molecule has 0 aromatic heterocycles. The Hall–Kier alpha value is -0.380. The molecule has 0 spiro atoms. The van der Waals surface area contributed by atoms with Crippen LogP contribution in [-0.4, -0.2) is 23.3 Å². The lowest BCUT2D eigenvalue weighted by atomic mass is 9.67. The number of fused-ring (bicyclic) bond motifs is 1. The van der Waals surface area contributed by atoms with Crippen molar-refractivity contribution in [1.82, 2.24) is 5.32 Å². The molecule has 1 aliphatic carbocycles. The first-order chi connectivity index (χ1) is 9.17. The number of piperidine rings is 1. The molecule has 19 heavy (non-hydrogen) atoms. The van der Waals surface area contributed by atoms with Gasteiger partial charge in [-0.25, -0.2) is 0 Å². The summed E-state index contributed by atoms with van der Waals surface area (Å²) in [5.41, 5.74) is 0.946. The third-order valence-corrected chi connectivity index (χ3v) is 5.35. The molecule has 1 aliphatic heterocycles. The highest BCUT2D eigenvalue weighted by Crippen LogP contribution is 2.41. The molecule has 1 aromatic carbocycles. The molecule has 3 unspecified atom stereocenters. The van der Waals surface area contributed by atoms with E-state index in [1.165, 1.54) is 24.8 Å². The van der Waals surface area contributed by atoms with E-state index >= 15 is 0 Å². The SMILES string of the molecule is OC12CCCCC1C(Cc1cccc(Br)c1)NCC2. The van der Waals surface area contributed by atoms with Gasteiger partial charge in [-0.05, 0) is 49.9 Å². The third-order valence-electron chi connectivity index (χ3n) is 4.86. The van der Waals surface area contributed by atoms with Crippen LogP contribution in [0.4, 0.5) is 0 Å². The minimum absolute atomic E-state index is 0.403. The van der Waals surface area contributed by atoms with Crippen LogP contribution in [0.5, 0.6) is 0 Å². The summed E-state index contributed by atoms with van der Waals surface area (Å²) in [5, 5.41) is 14.5. The fraction of sp³-hybridized carbons (Fsp3) is 0.625. The first kappa shape index (κ1) is 13.6. The maximum Gasteiger partial charge on any atom is 0.0702 e. The van der Waals surface area contributed by atoms with Crippen molar-refractivity contribution < 1.29 is 5.11 Å². The second-order valence-corrected chi connectivity index (χ2v) is 7.02. The Morgan fingerprint density at radius 3 is 3.05 bits per heavy atom. The van der Waals surface area contributed by atoms with Crippen molar-refractivity contribution in [3.05, 3.63) is 34.3 Å². The van der Waals surface area contributed by atoms with Gasteiger partial charge in [0.05, 0.1) is 5.60 Å². The summed E-state index contributed by atoms with van der Waals surface area (Å²) in [6.45, 7) is 0.950. The summed E-state index contributed by atoms with van der Waals surface area (Å²) in [5.74, 6) is 0.425. The maximum atomic E-state index is 10.8. The average molecular weight is 324 g/mol. The minimum Gasteiger partial charge on any atom is -0.389 e. The molecule has 0 bridgehead atoms. The van der Waals surface area contributed by atoms with Crippen molar-refractivity contribution in [3.63, 3.8) is 0 Å². The van der Waals surface area contributed by atoms with Gasteiger partial charge in [0.2, 0.25) is 0 Å². The molecule has 3 rings (SSSR count). The summed E-state index contributed by atoms with van der Waals surface area (Å²) in [4.78, 5) is 0. The van der Waals surface area contributed by atoms with E-state index in [0.29, 0.717) is 12.0 Å². The van der Waals surface area contributed by atoms with Crippen molar-refractivity contribution in [2.24, 2.45) is 5.92 Å². The van der Waals surface area contributed by atoms with Gasteiger partial charge in [-0.2, -0.15) is 0 Å². The Labute approximate surface area is 123 Å². The molecule has 1 saturated carbocycles. The molecule has 2 N–H and O–H groups in total. The van der Waals surface area contributed by atoms with Crippen LogP contribution >= 0.6 is 15.9 Å². The third kappa shape index (κ3) is 2.88. The summed E-state index contributed by atoms with van der Waals surface area (Å²) in [7, 11) is 0. The van der Waals surface area contributed by atoms with E-state index in [0.717, 1.165) is 30.3 Å². The number of hydrogen-bond donors (Lipinski definition) is 2. The van der Waals surface area contributed by atoms with Gasteiger partial charge in [0, 0.05) is 16.4 Å². The van der Waals surface area contributed by atoms with E-state index in [1.807, 2.05) is 0 Å². The second kappa shape index (κ2) is 5.55. The number of benzene rings is 1. The molecule has 2 aliphatic rings. The van der Waals surface area contributed by atoms with Gasteiger partial charge in [0.15, 0.2) is 0 Å². The lowest BCUT2D eigenvalue weighted by Crippen LogP contribution is -2.58. The minimum atomic E-state index is -0.403. The Morgan fingerprint density at radius 2 is 2.21 bits per heavy atom. The Kier molecular flexibility index (Phi) is 3.97. The standard InChI is InChI=1S/C16H22BrNO/c17-13-5-3-4-12(10-13)11-15-14-6-1-2-7-16(14,19)8-9-18-15/h3-5,10,14-15,18-19H,1-2,6-9,11H2. The molecular formula is C16H22BrNO. The molecule has 3 heteroatoms. The Bertz CT molecular complexity index is 446. The van der Waals surface area contributed by atoms with E-state index in [1.54, 1.807) is 0 Å². The predicted octanol–water partition coefficient (Wildman–Crippen LogP) is 3.27. The first-order valence-corrected chi connectivity index (χ1v) is 8.17. The zero-order valence-electron chi connectivity index (χ0n) is 11.2. The second-order valence-electron chi connectivity index (χ2n) is 6.10. The molecule has 2 nitrogen and oxygen atoms in total. The lowest BCUT2D eigenvalue weighted by molar-refractivity contribution is -0.0850. The molecular weight excluding hydrogens is 302 g/mol.